The largest absolute Gasteiger partial charge is 0.329 e. The van der Waals surface area contributed by atoms with Crippen LogP contribution < -0.4 is 16.2 Å². The SMILES string of the molecule is Cc1cc([C@@H]2CNCCN2)c[nH]c1=O. The Morgan fingerprint density at radius 2 is 2.29 bits per heavy atom. The number of aromatic amines is 1. The van der Waals surface area contributed by atoms with E-state index in [1.165, 1.54) is 0 Å². The van der Waals surface area contributed by atoms with Gasteiger partial charge in [-0.15, -0.1) is 0 Å². The van der Waals surface area contributed by atoms with Gasteiger partial charge in [-0.2, -0.15) is 0 Å². The quantitative estimate of drug-likeness (QED) is 0.584. The van der Waals surface area contributed by atoms with E-state index in [2.05, 4.69) is 15.6 Å². The van der Waals surface area contributed by atoms with Crippen LogP contribution in [-0.2, 0) is 0 Å². The van der Waals surface area contributed by atoms with E-state index >= 15 is 0 Å². The van der Waals surface area contributed by atoms with E-state index in [4.69, 9.17) is 0 Å². The summed E-state index contributed by atoms with van der Waals surface area (Å²) in [7, 11) is 0. The van der Waals surface area contributed by atoms with Crippen LogP contribution in [0.1, 0.15) is 17.2 Å². The Bertz CT molecular complexity index is 366. The van der Waals surface area contributed by atoms with Gasteiger partial charge in [0.25, 0.3) is 5.56 Å². The minimum absolute atomic E-state index is 0.00230. The molecule has 0 aromatic carbocycles. The predicted molar refractivity (Wildman–Crippen MR) is 55.4 cm³/mol. The molecule has 4 heteroatoms. The van der Waals surface area contributed by atoms with Crippen molar-refractivity contribution in [2.24, 2.45) is 0 Å². The Kier molecular flexibility index (Phi) is 2.65. The fourth-order valence-electron chi connectivity index (χ4n) is 1.71. The van der Waals surface area contributed by atoms with Gasteiger partial charge in [0.1, 0.15) is 0 Å². The van der Waals surface area contributed by atoms with Gasteiger partial charge in [0, 0.05) is 37.4 Å². The number of aromatic nitrogens is 1. The van der Waals surface area contributed by atoms with E-state index < -0.39 is 0 Å². The molecule has 2 heterocycles. The molecule has 14 heavy (non-hydrogen) atoms. The standard InChI is InChI=1S/C10H15N3O/c1-7-4-8(5-13-10(7)14)9-6-11-2-3-12-9/h4-5,9,11-12H,2-3,6H2,1H3,(H,13,14)/t9-/m0/s1. The summed E-state index contributed by atoms with van der Waals surface area (Å²) in [6.07, 6.45) is 1.79. The summed E-state index contributed by atoms with van der Waals surface area (Å²) in [5, 5.41) is 6.71. The highest BCUT2D eigenvalue weighted by Gasteiger charge is 2.14. The Balaban J connectivity index is 2.22. The van der Waals surface area contributed by atoms with Crippen molar-refractivity contribution in [3.8, 4) is 0 Å². The number of piperazine rings is 1. The van der Waals surface area contributed by atoms with E-state index in [1.807, 2.05) is 13.0 Å². The van der Waals surface area contributed by atoms with Gasteiger partial charge in [-0.3, -0.25) is 4.79 Å². The second-order valence-corrected chi connectivity index (χ2v) is 3.66. The lowest BCUT2D eigenvalue weighted by atomic mass is 10.1. The zero-order chi connectivity index (χ0) is 9.97. The normalized spacial score (nSPS) is 22.2. The molecule has 1 aromatic rings. The zero-order valence-corrected chi connectivity index (χ0v) is 8.26. The lowest BCUT2D eigenvalue weighted by Gasteiger charge is -2.24. The highest BCUT2D eigenvalue weighted by Crippen LogP contribution is 2.11. The van der Waals surface area contributed by atoms with Crippen LogP contribution in [0.3, 0.4) is 0 Å². The molecule has 1 aromatic heterocycles. The average Bonchev–Trinajstić information content (AvgIpc) is 2.23. The number of rotatable bonds is 1. The first kappa shape index (κ1) is 9.43. The molecular formula is C10H15N3O. The molecule has 0 amide bonds. The lowest BCUT2D eigenvalue weighted by molar-refractivity contribution is 0.429. The van der Waals surface area contributed by atoms with E-state index in [0.29, 0.717) is 6.04 Å². The molecule has 76 valence electrons. The van der Waals surface area contributed by atoms with Crippen LogP contribution >= 0.6 is 0 Å². The predicted octanol–water partition coefficient (Wildman–Crippen LogP) is -0.0828. The minimum atomic E-state index is -0.00230. The maximum Gasteiger partial charge on any atom is 0.250 e. The zero-order valence-electron chi connectivity index (χ0n) is 8.26. The molecule has 3 N–H and O–H groups in total. The summed E-state index contributed by atoms with van der Waals surface area (Å²) in [6, 6.07) is 2.27. The van der Waals surface area contributed by atoms with Crippen molar-refractivity contribution < 1.29 is 0 Å². The summed E-state index contributed by atoms with van der Waals surface area (Å²) in [6.45, 7) is 4.74. The van der Waals surface area contributed by atoms with Gasteiger partial charge >= 0.3 is 0 Å². The molecular weight excluding hydrogens is 178 g/mol. The Labute approximate surface area is 82.7 Å². The van der Waals surface area contributed by atoms with E-state index in [-0.39, 0.29) is 5.56 Å². The highest BCUT2D eigenvalue weighted by molar-refractivity contribution is 5.21. The van der Waals surface area contributed by atoms with Gasteiger partial charge < -0.3 is 15.6 Å². The average molecular weight is 193 g/mol. The van der Waals surface area contributed by atoms with Crippen molar-refractivity contribution in [1.82, 2.24) is 15.6 Å². The fraction of sp³-hybridized carbons (Fsp3) is 0.500. The highest BCUT2D eigenvalue weighted by atomic mass is 16.1. The molecule has 1 aliphatic heterocycles. The lowest BCUT2D eigenvalue weighted by Crippen LogP contribution is -2.42. The first-order valence-corrected chi connectivity index (χ1v) is 4.91. The minimum Gasteiger partial charge on any atom is -0.329 e. The van der Waals surface area contributed by atoms with Crippen LogP contribution in [0.15, 0.2) is 17.1 Å². The molecule has 1 atom stereocenters. The fourth-order valence-corrected chi connectivity index (χ4v) is 1.71. The number of hydrogen-bond donors (Lipinski definition) is 3. The molecule has 1 aliphatic rings. The van der Waals surface area contributed by atoms with Gasteiger partial charge in [0.05, 0.1) is 0 Å². The van der Waals surface area contributed by atoms with Gasteiger partial charge in [-0.1, -0.05) is 0 Å². The van der Waals surface area contributed by atoms with Crippen molar-refractivity contribution in [1.29, 1.82) is 0 Å². The van der Waals surface area contributed by atoms with E-state index in [0.717, 1.165) is 30.8 Å². The van der Waals surface area contributed by atoms with E-state index in [1.54, 1.807) is 6.20 Å². The van der Waals surface area contributed by atoms with Gasteiger partial charge in [-0.25, -0.2) is 0 Å². The number of aryl methyl sites for hydroxylation is 1. The van der Waals surface area contributed by atoms with Crippen LogP contribution in [0.5, 0.6) is 0 Å². The summed E-state index contributed by atoms with van der Waals surface area (Å²) in [5.41, 5.74) is 1.92. The molecule has 4 nitrogen and oxygen atoms in total. The monoisotopic (exact) mass is 193 g/mol. The van der Waals surface area contributed by atoms with Crippen molar-refractivity contribution in [3.63, 3.8) is 0 Å². The number of pyridine rings is 1. The third-order valence-electron chi connectivity index (χ3n) is 2.55. The van der Waals surface area contributed by atoms with Crippen LogP contribution in [0, 0.1) is 6.92 Å². The summed E-state index contributed by atoms with van der Waals surface area (Å²) < 4.78 is 0. The molecule has 1 saturated heterocycles. The van der Waals surface area contributed by atoms with Crippen molar-refractivity contribution >= 4 is 0 Å². The third-order valence-corrected chi connectivity index (χ3v) is 2.55. The van der Waals surface area contributed by atoms with Gasteiger partial charge in [-0.05, 0) is 18.6 Å². The summed E-state index contributed by atoms with van der Waals surface area (Å²) in [5.74, 6) is 0. The molecule has 0 saturated carbocycles. The molecule has 0 unspecified atom stereocenters. The van der Waals surface area contributed by atoms with Crippen molar-refractivity contribution in [2.45, 2.75) is 13.0 Å². The van der Waals surface area contributed by atoms with Crippen molar-refractivity contribution in [3.05, 3.63) is 33.7 Å². The first-order valence-electron chi connectivity index (χ1n) is 4.91. The number of H-pyrrole nitrogens is 1. The van der Waals surface area contributed by atoms with Crippen LogP contribution in [0.4, 0.5) is 0 Å². The van der Waals surface area contributed by atoms with Crippen LogP contribution in [0.25, 0.3) is 0 Å². The first-order chi connectivity index (χ1) is 6.77. The number of hydrogen-bond acceptors (Lipinski definition) is 3. The molecule has 1 fully saturated rings. The van der Waals surface area contributed by atoms with E-state index in [9.17, 15) is 4.79 Å². The smallest absolute Gasteiger partial charge is 0.250 e. The van der Waals surface area contributed by atoms with Crippen molar-refractivity contribution in [2.75, 3.05) is 19.6 Å². The summed E-state index contributed by atoms with van der Waals surface area (Å²) in [4.78, 5) is 13.9. The number of nitrogens with one attached hydrogen (secondary N) is 3. The maximum atomic E-state index is 11.2. The molecule has 0 radical (unpaired) electrons. The van der Waals surface area contributed by atoms with Gasteiger partial charge in [0.2, 0.25) is 0 Å². The van der Waals surface area contributed by atoms with Crippen LogP contribution in [0.2, 0.25) is 0 Å². The summed E-state index contributed by atoms with van der Waals surface area (Å²) >= 11 is 0. The third kappa shape index (κ3) is 1.86. The van der Waals surface area contributed by atoms with Gasteiger partial charge in [0.15, 0.2) is 0 Å². The Morgan fingerprint density at radius 3 is 2.93 bits per heavy atom. The second-order valence-electron chi connectivity index (χ2n) is 3.66. The molecule has 0 aliphatic carbocycles. The maximum absolute atomic E-state index is 11.2. The van der Waals surface area contributed by atoms with Crippen LogP contribution in [-0.4, -0.2) is 24.6 Å². The topological polar surface area (TPSA) is 56.9 Å². The molecule has 2 rings (SSSR count). The Hall–Kier alpha value is -1.13. The molecule has 0 spiro atoms. The second kappa shape index (κ2) is 3.94. The Morgan fingerprint density at radius 1 is 1.43 bits per heavy atom. The molecule has 0 bridgehead atoms.